The number of amides is 1. The van der Waals surface area contributed by atoms with Gasteiger partial charge in [0.1, 0.15) is 5.76 Å². The highest BCUT2D eigenvalue weighted by Gasteiger charge is 2.28. The summed E-state index contributed by atoms with van der Waals surface area (Å²) >= 11 is 12.3. The average molecular weight is 479 g/mol. The summed E-state index contributed by atoms with van der Waals surface area (Å²) in [6.07, 6.45) is 3.05. The third-order valence-electron chi connectivity index (χ3n) is 4.63. The van der Waals surface area contributed by atoms with Crippen molar-refractivity contribution >= 4 is 34.9 Å². The van der Waals surface area contributed by atoms with E-state index in [0.717, 1.165) is 0 Å². The van der Waals surface area contributed by atoms with Crippen LogP contribution in [0.25, 0.3) is 0 Å². The molecule has 0 saturated carbocycles. The van der Waals surface area contributed by atoms with Gasteiger partial charge in [0.15, 0.2) is 23.4 Å². The zero-order chi connectivity index (χ0) is 23.3. The Labute approximate surface area is 194 Å². The normalized spacial score (nSPS) is 11.6. The third kappa shape index (κ3) is 5.15. The molecule has 1 aromatic carbocycles. The maximum absolute atomic E-state index is 13.2. The van der Waals surface area contributed by atoms with Gasteiger partial charge in [-0.3, -0.25) is 14.6 Å². The standard InChI is InChI=1S/C22H20Cl2N2O6/c1-29-18-6-5-13(17(27)9-14-15(23)10-26-11-16(14)24)20(21(18)30-2)32-19(22(25)28)8-12-4-3-7-31-12/h3-7,10-11,19H,8-9H2,1-2H3,(H2,25,28). The fourth-order valence-electron chi connectivity index (χ4n) is 3.05. The molecule has 0 radical (unpaired) electrons. The van der Waals surface area contributed by atoms with Crippen molar-refractivity contribution in [3.8, 4) is 17.2 Å². The number of methoxy groups -OCH3 is 2. The Bertz CT molecular complexity index is 1100. The van der Waals surface area contributed by atoms with Crippen molar-refractivity contribution in [1.29, 1.82) is 0 Å². The lowest BCUT2D eigenvalue weighted by atomic mass is 10.0. The summed E-state index contributed by atoms with van der Waals surface area (Å²) in [5.41, 5.74) is 6.10. The van der Waals surface area contributed by atoms with Crippen LogP contribution in [0.15, 0.2) is 47.3 Å². The van der Waals surface area contributed by atoms with Crippen molar-refractivity contribution in [2.24, 2.45) is 5.73 Å². The number of carbonyl (C=O) groups excluding carboxylic acids is 2. The molecule has 3 rings (SSSR count). The highest BCUT2D eigenvalue weighted by atomic mass is 35.5. The van der Waals surface area contributed by atoms with Crippen LogP contribution in [0.2, 0.25) is 10.0 Å². The number of Topliss-reactive ketones (excluding diaryl/α,β-unsaturated/α-hetero) is 1. The SMILES string of the molecule is COc1ccc(C(=O)Cc2c(Cl)cncc2Cl)c(OC(Cc2ccco2)C(N)=O)c1OC. The van der Waals surface area contributed by atoms with Crippen LogP contribution in [0.4, 0.5) is 0 Å². The summed E-state index contributed by atoms with van der Waals surface area (Å²) in [5, 5.41) is 0.503. The number of primary amides is 1. The van der Waals surface area contributed by atoms with Crippen LogP contribution in [0.1, 0.15) is 21.7 Å². The Hall–Kier alpha value is -3.23. The molecule has 0 aliphatic rings. The van der Waals surface area contributed by atoms with Crippen LogP contribution in [-0.4, -0.2) is 37.0 Å². The summed E-state index contributed by atoms with van der Waals surface area (Å²) in [5.74, 6) is -0.189. The molecule has 0 aliphatic carbocycles. The van der Waals surface area contributed by atoms with Crippen LogP contribution < -0.4 is 19.9 Å². The van der Waals surface area contributed by atoms with Gasteiger partial charge in [-0.1, -0.05) is 23.2 Å². The zero-order valence-electron chi connectivity index (χ0n) is 17.3. The number of hydrogen-bond acceptors (Lipinski definition) is 7. The van der Waals surface area contributed by atoms with Gasteiger partial charge in [-0.2, -0.15) is 0 Å². The maximum Gasteiger partial charge on any atom is 0.258 e. The Morgan fingerprint density at radius 2 is 1.81 bits per heavy atom. The molecular weight excluding hydrogens is 459 g/mol. The molecule has 0 saturated heterocycles. The Kier molecular flexibility index (Phi) is 7.61. The third-order valence-corrected chi connectivity index (χ3v) is 5.29. The molecule has 0 aliphatic heterocycles. The minimum Gasteiger partial charge on any atom is -0.493 e. The molecule has 32 heavy (non-hydrogen) atoms. The molecule has 1 atom stereocenters. The van der Waals surface area contributed by atoms with Gasteiger partial charge in [0.2, 0.25) is 5.75 Å². The van der Waals surface area contributed by atoms with E-state index in [0.29, 0.717) is 17.1 Å². The molecule has 10 heteroatoms. The molecule has 1 unspecified atom stereocenters. The zero-order valence-corrected chi connectivity index (χ0v) is 18.8. The van der Waals surface area contributed by atoms with E-state index in [1.54, 1.807) is 18.2 Å². The number of rotatable bonds is 10. The second-order valence-corrected chi connectivity index (χ2v) is 7.47. The van der Waals surface area contributed by atoms with Crippen molar-refractivity contribution in [2.75, 3.05) is 14.2 Å². The molecule has 168 valence electrons. The van der Waals surface area contributed by atoms with Crippen molar-refractivity contribution in [3.63, 3.8) is 0 Å². The van der Waals surface area contributed by atoms with Crippen LogP contribution in [-0.2, 0) is 17.6 Å². The van der Waals surface area contributed by atoms with Gasteiger partial charge >= 0.3 is 0 Å². The number of pyridine rings is 1. The molecule has 2 N–H and O–H groups in total. The lowest BCUT2D eigenvalue weighted by Crippen LogP contribution is -2.36. The molecule has 0 fully saturated rings. The predicted molar refractivity (Wildman–Crippen MR) is 118 cm³/mol. The molecule has 1 amide bonds. The number of ether oxygens (including phenoxy) is 3. The lowest BCUT2D eigenvalue weighted by Gasteiger charge is -2.21. The smallest absolute Gasteiger partial charge is 0.258 e. The molecule has 3 aromatic rings. The molecule has 8 nitrogen and oxygen atoms in total. The Balaban J connectivity index is 2.02. The van der Waals surface area contributed by atoms with Gasteiger partial charge in [0, 0.05) is 24.4 Å². The summed E-state index contributed by atoms with van der Waals surface area (Å²) in [7, 11) is 2.83. The number of halogens is 2. The first kappa shape index (κ1) is 23.4. The van der Waals surface area contributed by atoms with Crippen molar-refractivity contribution in [1.82, 2.24) is 4.98 Å². The van der Waals surface area contributed by atoms with E-state index in [1.165, 1.54) is 38.9 Å². The van der Waals surface area contributed by atoms with Gasteiger partial charge in [0.05, 0.1) is 42.5 Å². The number of ketones is 1. The van der Waals surface area contributed by atoms with E-state index in [1.807, 2.05) is 0 Å². The Morgan fingerprint density at radius 3 is 2.38 bits per heavy atom. The van der Waals surface area contributed by atoms with Crippen LogP contribution in [0.5, 0.6) is 17.2 Å². The van der Waals surface area contributed by atoms with E-state index < -0.39 is 12.0 Å². The fraction of sp³-hybridized carbons (Fsp3) is 0.227. The number of nitrogens with zero attached hydrogens (tertiary/aromatic N) is 1. The first-order chi connectivity index (χ1) is 15.3. The molecule has 2 aromatic heterocycles. The minimum atomic E-state index is -1.14. The topological polar surface area (TPSA) is 114 Å². The summed E-state index contributed by atoms with van der Waals surface area (Å²) in [4.78, 5) is 29.2. The first-order valence-corrected chi connectivity index (χ1v) is 10.2. The van der Waals surface area contributed by atoms with Crippen molar-refractivity contribution in [2.45, 2.75) is 18.9 Å². The van der Waals surface area contributed by atoms with Crippen LogP contribution >= 0.6 is 23.2 Å². The van der Waals surface area contributed by atoms with E-state index in [-0.39, 0.29) is 45.7 Å². The quantitative estimate of drug-likeness (QED) is 0.439. The summed E-state index contributed by atoms with van der Waals surface area (Å²) in [6.45, 7) is 0. The van der Waals surface area contributed by atoms with E-state index in [9.17, 15) is 9.59 Å². The van der Waals surface area contributed by atoms with Crippen LogP contribution in [0, 0.1) is 0 Å². The van der Waals surface area contributed by atoms with Crippen LogP contribution in [0.3, 0.4) is 0 Å². The Morgan fingerprint density at radius 1 is 1.09 bits per heavy atom. The maximum atomic E-state index is 13.2. The van der Waals surface area contributed by atoms with Crippen molar-refractivity contribution < 1.29 is 28.2 Å². The van der Waals surface area contributed by atoms with Gasteiger partial charge in [-0.25, -0.2) is 0 Å². The average Bonchev–Trinajstić information content (AvgIpc) is 3.28. The first-order valence-electron chi connectivity index (χ1n) is 9.40. The molecular formula is C22H20Cl2N2O6. The van der Waals surface area contributed by atoms with E-state index in [2.05, 4.69) is 4.98 Å². The molecule has 0 spiro atoms. The monoisotopic (exact) mass is 478 g/mol. The highest BCUT2D eigenvalue weighted by Crippen LogP contribution is 2.41. The lowest BCUT2D eigenvalue weighted by molar-refractivity contribution is -0.124. The second kappa shape index (κ2) is 10.4. The highest BCUT2D eigenvalue weighted by molar-refractivity contribution is 6.36. The molecule has 0 bridgehead atoms. The number of furan rings is 1. The minimum absolute atomic E-state index is 0.00788. The van der Waals surface area contributed by atoms with Gasteiger partial charge in [-0.05, 0) is 24.3 Å². The van der Waals surface area contributed by atoms with Crippen molar-refractivity contribution in [3.05, 3.63) is 69.9 Å². The van der Waals surface area contributed by atoms with Gasteiger partial charge in [0.25, 0.3) is 5.91 Å². The second-order valence-electron chi connectivity index (χ2n) is 6.65. The number of aromatic nitrogens is 1. The number of benzene rings is 1. The van der Waals surface area contributed by atoms with Gasteiger partial charge in [-0.15, -0.1) is 0 Å². The molecule has 2 heterocycles. The number of carbonyl (C=O) groups is 2. The predicted octanol–water partition coefficient (Wildman–Crippen LogP) is 3.90. The number of hydrogen-bond donors (Lipinski definition) is 1. The summed E-state index contributed by atoms with van der Waals surface area (Å²) in [6, 6.07) is 6.42. The van der Waals surface area contributed by atoms with E-state index in [4.69, 9.17) is 47.6 Å². The summed E-state index contributed by atoms with van der Waals surface area (Å²) < 4.78 is 22.0. The fourth-order valence-corrected chi connectivity index (χ4v) is 3.55. The van der Waals surface area contributed by atoms with E-state index >= 15 is 0 Å². The number of nitrogens with two attached hydrogens (primary N) is 1. The van der Waals surface area contributed by atoms with Gasteiger partial charge < -0.3 is 24.4 Å². The largest absolute Gasteiger partial charge is 0.493 e.